The largest absolute Gasteiger partial charge is 0.495 e. The Hall–Kier alpha value is -3.09. The number of para-hydroxylation sites is 2. The molecule has 0 aromatic heterocycles. The smallest absolute Gasteiger partial charge is 0.313 e. The second kappa shape index (κ2) is 7.86. The van der Waals surface area contributed by atoms with Gasteiger partial charge in [-0.25, -0.2) is 4.39 Å². The molecule has 0 saturated carbocycles. The van der Waals surface area contributed by atoms with E-state index in [2.05, 4.69) is 10.2 Å². The van der Waals surface area contributed by atoms with Crippen LogP contribution in [0.25, 0.3) is 0 Å². The van der Waals surface area contributed by atoms with Crippen LogP contribution in [-0.2, 0) is 9.59 Å². The van der Waals surface area contributed by atoms with Gasteiger partial charge in [0.1, 0.15) is 11.6 Å². The molecule has 2 aromatic rings. The molecular formula is C19H20FN3O3. The van der Waals surface area contributed by atoms with E-state index in [1.54, 1.807) is 7.11 Å². The van der Waals surface area contributed by atoms with E-state index in [1.807, 2.05) is 24.3 Å². The molecule has 1 aliphatic heterocycles. The van der Waals surface area contributed by atoms with E-state index in [1.165, 1.54) is 29.2 Å². The minimum absolute atomic E-state index is 0.386. The van der Waals surface area contributed by atoms with Crippen LogP contribution >= 0.6 is 0 Å². The summed E-state index contributed by atoms with van der Waals surface area (Å²) in [5.74, 6) is -0.931. The summed E-state index contributed by atoms with van der Waals surface area (Å²) in [4.78, 5) is 28.1. The van der Waals surface area contributed by atoms with Crippen LogP contribution in [0.5, 0.6) is 5.75 Å². The van der Waals surface area contributed by atoms with Crippen LogP contribution < -0.4 is 15.0 Å². The zero-order chi connectivity index (χ0) is 18.5. The maximum Gasteiger partial charge on any atom is 0.313 e. The van der Waals surface area contributed by atoms with Crippen molar-refractivity contribution in [2.45, 2.75) is 0 Å². The molecular weight excluding hydrogens is 337 g/mol. The number of piperazine rings is 1. The molecule has 136 valence electrons. The monoisotopic (exact) mass is 357 g/mol. The van der Waals surface area contributed by atoms with Crippen molar-refractivity contribution in [1.82, 2.24) is 4.90 Å². The number of carbonyl (C=O) groups is 2. The van der Waals surface area contributed by atoms with Gasteiger partial charge in [0.2, 0.25) is 0 Å². The third kappa shape index (κ3) is 3.93. The molecule has 1 N–H and O–H groups in total. The van der Waals surface area contributed by atoms with E-state index in [0.29, 0.717) is 31.9 Å². The number of nitrogens with zero attached hydrogens (tertiary/aromatic N) is 2. The number of halogens is 1. The first-order chi connectivity index (χ1) is 12.6. The molecule has 6 nitrogen and oxygen atoms in total. The lowest BCUT2D eigenvalue weighted by atomic mass is 10.2. The summed E-state index contributed by atoms with van der Waals surface area (Å²) < 4.78 is 18.3. The third-order valence-corrected chi connectivity index (χ3v) is 4.29. The molecule has 0 atom stereocenters. The van der Waals surface area contributed by atoms with E-state index >= 15 is 0 Å². The molecule has 0 bridgehead atoms. The van der Waals surface area contributed by atoms with Crippen LogP contribution in [-0.4, -0.2) is 50.0 Å². The van der Waals surface area contributed by atoms with Gasteiger partial charge in [0.05, 0.1) is 12.8 Å². The van der Waals surface area contributed by atoms with Crippen molar-refractivity contribution in [3.8, 4) is 5.75 Å². The number of benzene rings is 2. The van der Waals surface area contributed by atoms with Gasteiger partial charge in [0, 0.05) is 31.9 Å². The second-order valence-electron chi connectivity index (χ2n) is 5.91. The number of methoxy groups -OCH3 is 1. The Morgan fingerprint density at radius 3 is 2.31 bits per heavy atom. The fraction of sp³-hybridized carbons (Fsp3) is 0.263. The van der Waals surface area contributed by atoms with Gasteiger partial charge in [-0.3, -0.25) is 9.59 Å². The van der Waals surface area contributed by atoms with Gasteiger partial charge in [-0.05, 0) is 36.4 Å². The van der Waals surface area contributed by atoms with Gasteiger partial charge in [-0.15, -0.1) is 0 Å². The Morgan fingerprint density at radius 1 is 1.00 bits per heavy atom. The zero-order valence-electron chi connectivity index (χ0n) is 14.4. The minimum atomic E-state index is -0.720. The van der Waals surface area contributed by atoms with Gasteiger partial charge in [-0.2, -0.15) is 0 Å². The average Bonchev–Trinajstić information content (AvgIpc) is 2.69. The summed E-state index contributed by atoms with van der Waals surface area (Å²) in [6.45, 7) is 2.09. The molecule has 1 aliphatic rings. The Labute approximate surface area is 151 Å². The highest BCUT2D eigenvalue weighted by atomic mass is 19.1. The highest BCUT2D eigenvalue weighted by Gasteiger charge is 2.27. The Balaban J connectivity index is 1.58. The maximum absolute atomic E-state index is 12.9. The van der Waals surface area contributed by atoms with Crippen LogP contribution in [0.2, 0.25) is 0 Å². The molecule has 3 rings (SSSR count). The molecule has 2 amide bonds. The normalized spacial score (nSPS) is 14.1. The highest BCUT2D eigenvalue weighted by Crippen LogP contribution is 2.28. The molecule has 1 saturated heterocycles. The van der Waals surface area contributed by atoms with E-state index in [0.717, 1.165) is 11.4 Å². The highest BCUT2D eigenvalue weighted by molar-refractivity contribution is 6.39. The van der Waals surface area contributed by atoms with Crippen molar-refractivity contribution in [3.63, 3.8) is 0 Å². The van der Waals surface area contributed by atoms with Crippen LogP contribution in [0.4, 0.5) is 15.8 Å². The fourth-order valence-corrected chi connectivity index (χ4v) is 2.90. The Morgan fingerprint density at radius 2 is 1.65 bits per heavy atom. The summed E-state index contributed by atoms with van der Waals surface area (Å²) in [5.41, 5.74) is 1.36. The van der Waals surface area contributed by atoms with Gasteiger partial charge in [-0.1, -0.05) is 12.1 Å². The zero-order valence-corrected chi connectivity index (χ0v) is 14.4. The van der Waals surface area contributed by atoms with Crippen molar-refractivity contribution in [2.24, 2.45) is 0 Å². The average molecular weight is 357 g/mol. The number of carbonyl (C=O) groups excluding carboxylic acids is 2. The fourth-order valence-electron chi connectivity index (χ4n) is 2.90. The van der Waals surface area contributed by atoms with E-state index in [4.69, 9.17) is 4.74 Å². The number of rotatable bonds is 3. The third-order valence-electron chi connectivity index (χ3n) is 4.29. The minimum Gasteiger partial charge on any atom is -0.495 e. The van der Waals surface area contributed by atoms with Gasteiger partial charge in [0.15, 0.2) is 0 Å². The topological polar surface area (TPSA) is 61.9 Å². The summed E-state index contributed by atoms with van der Waals surface area (Å²) in [7, 11) is 1.62. The van der Waals surface area contributed by atoms with E-state index in [-0.39, 0.29) is 0 Å². The number of anilines is 2. The standard InChI is InChI=1S/C19H20FN3O3/c1-26-17-5-3-2-4-16(17)22-10-12-23(13-11-22)19(25)18(24)21-15-8-6-14(20)7-9-15/h2-9H,10-13H2,1H3,(H,21,24). The van der Waals surface area contributed by atoms with Crippen LogP contribution in [0, 0.1) is 5.82 Å². The molecule has 0 spiro atoms. The predicted octanol–water partition coefficient (Wildman–Crippen LogP) is 2.12. The lowest BCUT2D eigenvalue weighted by Gasteiger charge is -2.36. The molecule has 0 radical (unpaired) electrons. The number of ether oxygens (including phenoxy) is 1. The SMILES string of the molecule is COc1ccccc1N1CCN(C(=O)C(=O)Nc2ccc(F)cc2)CC1. The molecule has 26 heavy (non-hydrogen) atoms. The van der Waals surface area contributed by atoms with Crippen molar-refractivity contribution >= 4 is 23.2 Å². The Bertz CT molecular complexity index is 787. The quantitative estimate of drug-likeness (QED) is 0.855. The first-order valence-electron chi connectivity index (χ1n) is 8.32. The molecule has 0 aliphatic carbocycles. The van der Waals surface area contributed by atoms with Crippen LogP contribution in [0.1, 0.15) is 0 Å². The number of hydrogen-bond acceptors (Lipinski definition) is 4. The number of amides is 2. The van der Waals surface area contributed by atoms with Gasteiger partial charge in [0.25, 0.3) is 0 Å². The first-order valence-corrected chi connectivity index (χ1v) is 8.32. The molecule has 1 fully saturated rings. The summed E-state index contributed by atoms with van der Waals surface area (Å²) in [6.07, 6.45) is 0. The lowest BCUT2D eigenvalue weighted by Crippen LogP contribution is -2.51. The summed E-state index contributed by atoms with van der Waals surface area (Å²) in [5, 5.41) is 2.50. The number of hydrogen-bond donors (Lipinski definition) is 1. The van der Waals surface area contributed by atoms with Crippen molar-refractivity contribution in [2.75, 3.05) is 43.5 Å². The number of nitrogens with one attached hydrogen (secondary N) is 1. The van der Waals surface area contributed by atoms with Crippen LogP contribution in [0.3, 0.4) is 0 Å². The predicted molar refractivity (Wildman–Crippen MR) is 96.8 cm³/mol. The lowest BCUT2D eigenvalue weighted by molar-refractivity contribution is -0.143. The van der Waals surface area contributed by atoms with Crippen molar-refractivity contribution in [3.05, 3.63) is 54.3 Å². The molecule has 0 unspecified atom stereocenters. The molecule has 7 heteroatoms. The van der Waals surface area contributed by atoms with Crippen molar-refractivity contribution in [1.29, 1.82) is 0 Å². The molecule has 1 heterocycles. The van der Waals surface area contributed by atoms with E-state index in [9.17, 15) is 14.0 Å². The summed E-state index contributed by atoms with van der Waals surface area (Å²) in [6, 6.07) is 13.0. The van der Waals surface area contributed by atoms with Gasteiger partial charge >= 0.3 is 11.8 Å². The maximum atomic E-state index is 12.9. The second-order valence-corrected chi connectivity index (χ2v) is 5.91. The van der Waals surface area contributed by atoms with Gasteiger partial charge < -0.3 is 19.9 Å². The first kappa shape index (κ1) is 17.7. The Kier molecular flexibility index (Phi) is 5.36. The molecule has 2 aromatic carbocycles. The summed E-state index contributed by atoms with van der Waals surface area (Å²) >= 11 is 0. The van der Waals surface area contributed by atoms with Crippen LogP contribution in [0.15, 0.2) is 48.5 Å². The van der Waals surface area contributed by atoms with Crippen molar-refractivity contribution < 1.29 is 18.7 Å². The van der Waals surface area contributed by atoms with E-state index < -0.39 is 17.6 Å².